The van der Waals surface area contributed by atoms with Gasteiger partial charge in [-0.25, -0.2) is 0 Å². The Morgan fingerprint density at radius 3 is 2.52 bits per heavy atom. The van der Waals surface area contributed by atoms with Gasteiger partial charge < -0.3 is 34.4 Å². The Morgan fingerprint density at radius 1 is 1.11 bits per heavy atom. The molecule has 11 nitrogen and oxygen atoms in total. The number of anilines is 1. The average Bonchev–Trinajstić information content (AvgIpc) is 3.59. The fourth-order valence-electron chi connectivity index (χ4n) is 6.11. The molecule has 2 aliphatic heterocycles. The van der Waals surface area contributed by atoms with Gasteiger partial charge in [-0.05, 0) is 61.4 Å². The van der Waals surface area contributed by atoms with Crippen molar-refractivity contribution in [1.82, 2.24) is 10.2 Å². The minimum absolute atomic E-state index is 0.00248. The van der Waals surface area contributed by atoms with E-state index in [1.807, 2.05) is 19.1 Å². The molecular weight excluding hydrogens is 588 g/mol. The van der Waals surface area contributed by atoms with Crippen molar-refractivity contribution in [1.29, 1.82) is 5.41 Å². The summed E-state index contributed by atoms with van der Waals surface area (Å²) in [6.07, 6.45) is 2.18. The summed E-state index contributed by atoms with van der Waals surface area (Å²) in [7, 11) is 3.26. The van der Waals surface area contributed by atoms with E-state index in [1.165, 1.54) is 0 Å². The predicted octanol–water partition coefficient (Wildman–Crippen LogP) is 4.87. The minimum Gasteiger partial charge on any atom is -0.493 e. The number of unbranched alkanes of at least 4 members (excludes halogenated alkanes) is 1. The lowest BCUT2D eigenvalue weighted by Gasteiger charge is -2.30. The van der Waals surface area contributed by atoms with Crippen LogP contribution >= 0.6 is 0 Å². The molecule has 0 aromatic heterocycles. The number of nitrogens with one attached hydrogen (secondary N) is 2. The first-order valence-electron chi connectivity index (χ1n) is 16.0. The molecule has 0 saturated carbocycles. The molecule has 3 N–H and O–H groups in total. The van der Waals surface area contributed by atoms with Gasteiger partial charge in [-0.1, -0.05) is 20.8 Å². The molecule has 1 atom stereocenters. The molecule has 0 aliphatic carbocycles. The Labute approximate surface area is 271 Å². The highest BCUT2D eigenvalue weighted by molar-refractivity contribution is 6.08. The lowest BCUT2D eigenvalue weighted by Crippen LogP contribution is -2.31. The van der Waals surface area contributed by atoms with Crippen molar-refractivity contribution in [2.75, 3.05) is 58.5 Å². The number of hydrogen-bond acceptors (Lipinski definition) is 8. The monoisotopic (exact) mass is 636 g/mol. The zero-order valence-electron chi connectivity index (χ0n) is 28.0. The number of amidine groups is 1. The quantitative estimate of drug-likeness (QED) is 0.184. The highest BCUT2D eigenvalue weighted by Crippen LogP contribution is 2.42. The number of benzene rings is 2. The van der Waals surface area contributed by atoms with E-state index in [0.29, 0.717) is 67.6 Å². The largest absolute Gasteiger partial charge is 0.493 e. The van der Waals surface area contributed by atoms with Crippen molar-refractivity contribution < 1.29 is 33.7 Å². The number of ether oxygens (including phenoxy) is 3. The molecule has 4 rings (SSSR count). The maximum atomic E-state index is 14.0. The van der Waals surface area contributed by atoms with Crippen LogP contribution in [0.5, 0.6) is 11.5 Å². The van der Waals surface area contributed by atoms with Gasteiger partial charge in [-0.2, -0.15) is 0 Å². The number of aliphatic carboxylic acids is 1. The number of Topliss-reactive ketones (excluding diaryl/α,β-unsaturated/α-hetero) is 1. The normalized spacial score (nSPS) is 16.0. The summed E-state index contributed by atoms with van der Waals surface area (Å²) < 4.78 is 17.6. The van der Waals surface area contributed by atoms with Crippen LogP contribution in [0.3, 0.4) is 0 Å². The maximum absolute atomic E-state index is 14.0. The minimum atomic E-state index is -0.823. The predicted molar refractivity (Wildman–Crippen MR) is 177 cm³/mol. The Balaban J connectivity index is 1.65. The zero-order chi connectivity index (χ0) is 33.6. The van der Waals surface area contributed by atoms with Crippen LogP contribution in [0.1, 0.15) is 90.8 Å². The first kappa shape index (κ1) is 34.7. The van der Waals surface area contributed by atoms with Crippen LogP contribution in [0.25, 0.3) is 0 Å². The summed E-state index contributed by atoms with van der Waals surface area (Å²) in [6.45, 7) is 11.4. The van der Waals surface area contributed by atoms with Crippen LogP contribution < -0.4 is 19.7 Å². The molecule has 2 aliphatic rings. The smallest absolute Gasteiger partial charge is 0.303 e. The van der Waals surface area contributed by atoms with E-state index in [-0.39, 0.29) is 35.9 Å². The molecule has 0 bridgehead atoms. The van der Waals surface area contributed by atoms with Crippen LogP contribution in [-0.4, -0.2) is 87.1 Å². The summed E-state index contributed by atoms with van der Waals surface area (Å²) >= 11 is 0. The Kier molecular flexibility index (Phi) is 11.3. The molecule has 2 aromatic rings. The molecule has 1 saturated heterocycles. The lowest BCUT2D eigenvalue weighted by atomic mass is 9.84. The number of amides is 1. The third-order valence-electron chi connectivity index (χ3n) is 8.50. The van der Waals surface area contributed by atoms with Gasteiger partial charge in [-0.3, -0.25) is 19.8 Å². The van der Waals surface area contributed by atoms with Gasteiger partial charge in [0, 0.05) is 62.8 Å². The topological polar surface area (TPSA) is 141 Å². The van der Waals surface area contributed by atoms with Crippen molar-refractivity contribution in [3.8, 4) is 11.5 Å². The first-order valence-corrected chi connectivity index (χ1v) is 16.0. The zero-order valence-corrected chi connectivity index (χ0v) is 28.0. The SMILES string of the molecule is CCOc1cc2c(cc1C(=O)NC)C(=N)N(CC(=O)c1cc(N3CCC(COC)C3)c(OCCCCC(=O)O)c(C(C)(C)C)c1)C2. The van der Waals surface area contributed by atoms with E-state index in [0.717, 1.165) is 42.1 Å². The molecule has 2 heterocycles. The van der Waals surface area contributed by atoms with Crippen LogP contribution in [0.4, 0.5) is 5.69 Å². The summed E-state index contributed by atoms with van der Waals surface area (Å²) in [6, 6.07) is 7.28. The number of nitrogens with zero attached hydrogens (tertiary/aromatic N) is 2. The van der Waals surface area contributed by atoms with E-state index in [4.69, 9.17) is 24.7 Å². The first-order chi connectivity index (χ1) is 21.9. The number of methoxy groups -OCH3 is 1. The lowest BCUT2D eigenvalue weighted by molar-refractivity contribution is -0.137. The number of rotatable bonds is 15. The third kappa shape index (κ3) is 7.99. The van der Waals surface area contributed by atoms with Crippen LogP contribution in [-0.2, 0) is 21.5 Å². The van der Waals surface area contributed by atoms with E-state index < -0.39 is 5.97 Å². The van der Waals surface area contributed by atoms with Crippen molar-refractivity contribution in [2.24, 2.45) is 5.92 Å². The molecule has 0 radical (unpaired) electrons. The number of carbonyl (C=O) groups excluding carboxylic acids is 2. The summed E-state index contributed by atoms with van der Waals surface area (Å²) in [5.74, 6) is 0.486. The van der Waals surface area contributed by atoms with Gasteiger partial charge in [0.15, 0.2) is 5.78 Å². The molecule has 0 spiro atoms. The van der Waals surface area contributed by atoms with Crippen LogP contribution in [0.2, 0.25) is 0 Å². The number of ketones is 1. The second-order valence-corrected chi connectivity index (χ2v) is 13.0. The summed E-state index contributed by atoms with van der Waals surface area (Å²) in [4.78, 5) is 41.6. The van der Waals surface area contributed by atoms with Crippen molar-refractivity contribution in [2.45, 2.75) is 65.3 Å². The molecule has 1 amide bonds. The highest BCUT2D eigenvalue weighted by Gasteiger charge is 2.33. The molecule has 1 fully saturated rings. The number of hydrogen-bond donors (Lipinski definition) is 3. The van der Waals surface area contributed by atoms with E-state index in [1.54, 1.807) is 31.2 Å². The third-order valence-corrected chi connectivity index (χ3v) is 8.50. The average molecular weight is 637 g/mol. The van der Waals surface area contributed by atoms with Gasteiger partial charge in [0.2, 0.25) is 0 Å². The van der Waals surface area contributed by atoms with Crippen molar-refractivity contribution >= 4 is 29.2 Å². The second-order valence-electron chi connectivity index (χ2n) is 13.0. The highest BCUT2D eigenvalue weighted by atomic mass is 16.5. The van der Waals surface area contributed by atoms with E-state index in [9.17, 15) is 14.4 Å². The number of fused-ring (bicyclic) bond motifs is 1. The summed E-state index contributed by atoms with van der Waals surface area (Å²) in [5.41, 5.74) is 3.74. The number of carbonyl (C=O) groups is 3. The molecule has 46 heavy (non-hydrogen) atoms. The second kappa shape index (κ2) is 15.0. The van der Waals surface area contributed by atoms with Crippen LogP contribution in [0, 0.1) is 11.3 Å². The standard InChI is InChI=1S/C35H48N4O7/c1-7-45-30-16-24-19-39(33(36)25(24)17-26(30)34(43)37-5)20-29(40)23-14-27(35(2,3)4)32(46-13-9-8-10-31(41)42)28(15-23)38-12-11-22(18-38)21-44-6/h14-17,22,36H,7-13,18-21H2,1-6H3,(H,37,43)(H,41,42). The van der Waals surface area contributed by atoms with Crippen molar-refractivity contribution in [3.05, 3.63) is 52.1 Å². The molecule has 1 unspecified atom stereocenters. The Bertz CT molecular complexity index is 1470. The molecule has 2 aromatic carbocycles. The number of carboxylic acid groups (broad SMARTS) is 1. The van der Waals surface area contributed by atoms with E-state index in [2.05, 4.69) is 31.0 Å². The van der Waals surface area contributed by atoms with E-state index >= 15 is 0 Å². The van der Waals surface area contributed by atoms with Gasteiger partial charge in [0.25, 0.3) is 5.91 Å². The van der Waals surface area contributed by atoms with Crippen molar-refractivity contribution in [3.63, 3.8) is 0 Å². The van der Waals surface area contributed by atoms with Gasteiger partial charge >= 0.3 is 5.97 Å². The van der Waals surface area contributed by atoms with Crippen LogP contribution in [0.15, 0.2) is 24.3 Å². The van der Waals surface area contributed by atoms with Gasteiger partial charge in [0.1, 0.15) is 17.3 Å². The molecular formula is C35H48N4O7. The number of carboxylic acids is 1. The fourth-order valence-corrected chi connectivity index (χ4v) is 6.11. The van der Waals surface area contributed by atoms with Gasteiger partial charge in [0.05, 0.1) is 37.6 Å². The Hall–Kier alpha value is -4.12. The molecule has 250 valence electrons. The molecule has 11 heteroatoms. The Morgan fingerprint density at radius 2 is 1.87 bits per heavy atom. The maximum Gasteiger partial charge on any atom is 0.303 e. The van der Waals surface area contributed by atoms with Gasteiger partial charge in [-0.15, -0.1) is 0 Å². The summed E-state index contributed by atoms with van der Waals surface area (Å²) in [5, 5.41) is 20.6. The fraction of sp³-hybridized carbons (Fsp3) is 0.543.